The van der Waals surface area contributed by atoms with Gasteiger partial charge in [-0.15, -0.1) is 0 Å². The second-order valence-corrected chi connectivity index (χ2v) is 3.33. The van der Waals surface area contributed by atoms with Crippen molar-refractivity contribution in [2.24, 2.45) is 5.92 Å². The van der Waals surface area contributed by atoms with Crippen LogP contribution in [0.4, 0.5) is 0 Å². The van der Waals surface area contributed by atoms with E-state index in [0.29, 0.717) is 11.7 Å². The Balaban J connectivity index is 2.12. The molecule has 1 aliphatic heterocycles. The number of piperidine rings is 1. The van der Waals surface area contributed by atoms with E-state index in [1.54, 1.807) is 0 Å². The van der Waals surface area contributed by atoms with Crippen LogP contribution in [-0.2, 0) is 4.79 Å². The van der Waals surface area contributed by atoms with Gasteiger partial charge in [0.25, 0.3) is 0 Å². The van der Waals surface area contributed by atoms with Crippen LogP contribution in [0.2, 0.25) is 0 Å². The molecule has 0 aromatic carbocycles. The zero-order valence-electron chi connectivity index (χ0n) is 6.10. The first-order valence-electron chi connectivity index (χ1n) is 4.15. The summed E-state index contributed by atoms with van der Waals surface area (Å²) in [6, 6.07) is 0.229. The lowest BCUT2D eigenvalue weighted by Crippen LogP contribution is -2.49. The smallest absolute Gasteiger partial charge is 0.152 e. The highest BCUT2D eigenvalue weighted by atomic mass is 16.1. The molecule has 10 heavy (non-hydrogen) atoms. The van der Waals surface area contributed by atoms with Gasteiger partial charge in [-0.05, 0) is 25.8 Å². The van der Waals surface area contributed by atoms with E-state index in [4.69, 9.17) is 0 Å². The molecular formula is C8H13NO. The van der Waals surface area contributed by atoms with Gasteiger partial charge in [0.1, 0.15) is 0 Å². The summed E-state index contributed by atoms with van der Waals surface area (Å²) < 4.78 is 0. The lowest BCUT2D eigenvalue weighted by atomic mass is 9.80. The Labute approximate surface area is 61.0 Å². The number of nitrogens with one attached hydrogen (secondary N) is 1. The van der Waals surface area contributed by atoms with Crippen molar-refractivity contribution < 1.29 is 4.79 Å². The Hall–Kier alpha value is -0.370. The van der Waals surface area contributed by atoms with Crippen LogP contribution in [-0.4, -0.2) is 18.4 Å². The molecule has 2 unspecified atom stereocenters. The molecule has 2 rings (SSSR count). The third-order valence-corrected chi connectivity index (χ3v) is 2.67. The number of fused-ring (bicyclic) bond motifs is 2. The monoisotopic (exact) mass is 139 g/mol. The van der Waals surface area contributed by atoms with Crippen molar-refractivity contribution in [2.75, 3.05) is 6.54 Å². The predicted molar refractivity (Wildman–Crippen MR) is 38.8 cm³/mol. The number of rotatable bonds is 0. The van der Waals surface area contributed by atoms with E-state index in [1.807, 2.05) is 0 Å². The third-order valence-electron chi connectivity index (χ3n) is 2.67. The Morgan fingerprint density at radius 2 is 2.20 bits per heavy atom. The molecule has 1 N–H and O–H groups in total. The second-order valence-electron chi connectivity index (χ2n) is 3.33. The van der Waals surface area contributed by atoms with Crippen molar-refractivity contribution in [3.05, 3.63) is 0 Å². The van der Waals surface area contributed by atoms with Crippen LogP contribution in [0, 0.1) is 5.92 Å². The van der Waals surface area contributed by atoms with Crippen LogP contribution >= 0.6 is 0 Å². The summed E-state index contributed by atoms with van der Waals surface area (Å²) in [7, 11) is 0. The quantitative estimate of drug-likeness (QED) is 0.535. The zero-order chi connectivity index (χ0) is 6.97. The molecule has 2 aliphatic rings. The number of carbonyl (C=O) groups excluding carboxylic acids is 1. The maximum atomic E-state index is 11.3. The summed E-state index contributed by atoms with van der Waals surface area (Å²) >= 11 is 0. The summed E-state index contributed by atoms with van der Waals surface area (Å²) in [6.45, 7) is 1.06. The Morgan fingerprint density at radius 3 is 2.90 bits per heavy atom. The summed E-state index contributed by atoms with van der Waals surface area (Å²) in [4.78, 5) is 11.3. The van der Waals surface area contributed by atoms with E-state index < -0.39 is 0 Å². The van der Waals surface area contributed by atoms with Crippen LogP contribution in [0.25, 0.3) is 0 Å². The van der Waals surface area contributed by atoms with Crippen molar-refractivity contribution in [1.29, 1.82) is 0 Å². The van der Waals surface area contributed by atoms with Crippen LogP contribution in [0.3, 0.4) is 0 Å². The van der Waals surface area contributed by atoms with Gasteiger partial charge in [-0.2, -0.15) is 0 Å². The summed E-state index contributed by atoms with van der Waals surface area (Å²) in [5.41, 5.74) is 0. The summed E-state index contributed by atoms with van der Waals surface area (Å²) in [5, 5.41) is 3.25. The molecule has 2 bridgehead atoms. The van der Waals surface area contributed by atoms with Gasteiger partial charge in [0.15, 0.2) is 5.78 Å². The maximum absolute atomic E-state index is 11.3. The molecule has 0 aromatic rings. The normalized spacial score (nSPS) is 39.8. The second kappa shape index (κ2) is 2.35. The standard InChI is InChI=1S/C8H13NO/c10-8-6-2-1-3-7(8)9-5-4-6/h6-7,9H,1-5H2. The highest BCUT2D eigenvalue weighted by Gasteiger charge is 2.33. The predicted octanol–water partition coefficient (Wildman–Crippen LogP) is 0.718. The zero-order valence-corrected chi connectivity index (χ0v) is 6.10. The highest BCUT2D eigenvalue weighted by molar-refractivity contribution is 5.87. The van der Waals surface area contributed by atoms with Crippen molar-refractivity contribution in [3.63, 3.8) is 0 Å². The van der Waals surface area contributed by atoms with Crippen LogP contribution in [0.1, 0.15) is 25.7 Å². The molecule has 2 fully saturated rings. The molecule has 0 aromatic heterocycles. The first-order chi connectivity index (χ1) is 4.88. The van der Waals surface area contributed by atoms with E-state index in [9.17, 15) is 4.79 Å². The average Bonchev–Trinajstić information content (AvgIpc) is 1.86. The number of carbonyl (C=O) groups is 1. The molecule has 1 aliphatic carbocycles. The molecule has 1 saturated heterocycles. The Kier molecular flexibility index (Phi) is 1.49. The fourth-order valence-corrected chi connectivity index (χ4v) is 2.06. The van der Waals surface area contributed by atoms with E-state index in [2.05, 4.69) is 5.32 Å². The Bertz CT molecular complexity index is 131. The summed E-state index contributed by atoms with van der Waals surface area (Å²) in [5.74, 6) is 0.900. The van der Waals surface area contributed by atoms with Crippen molar-refractivity contribution in [1.82, 2.24) is 5.32 Å². The molecule has 2 heteroatoms. The van der Waals surface area contributed by atoms with Gasteiger partial charge in [0.05, 0.1) is 6.04 Å². The first kappa shape index (κ1) is 6.35. The van der Waals surface area contributed by atoms with Crippen molar-refractivity contribution >= 4 is 5.78 Å². The van der Waals surface area contributed by atoms with E-state index >= 15 is 0 Å². The van der Waals surface area contributed by atoms with E-state index in [-0.39, 0.29) is 6.04 Å². The molecule has 56 valence electrons. The highest BCUT2D eigenvalue weighted by Crippen LogP contribution is 2.26. The van der Waals surface area contributed by atoms with Crippen molar-refractivity contribution in [3.8, 4) is 0 Å². The molecule has 0 amide bonds. The molecule has 2 atom stereocenters. The van der Waals surface area contributed by atoms with Gasteiger partial charge >= 0.3 is 0 Å². The average molecular weight is 139 g/mol. The molecule has 1 saturated carbocycles. The molecule has 0 radical (unpaired) electrons. The van der Waals surface area contributed by atoms with Gasteiger partial charge in [-0.25, -0.2) is 0 Å². The minimum Gasteiger partial charge on any atom is -0.307 e. The fourth-order valence-electron chi connectivity index (χ4n) is 2.06. The van der Waals surface area contributed by atoms with Crippen LogP contribution < -0.4 is 5.32 Å². The van der Waals surface area contributed by atoms with Crippen LogP contribution in [0.15, 0.2) is 0 Å². The number of hydrogen-bond acceptors (Lipinski definition) is 2. The lowest BCUT2D eigenvalue weighted by Gasteiger charge is -2.33. The molecule has 2 nitrogen and oxygen atoms in total. The fraction of sp³-hybridized carbons (Fsp3) is 0.875. The molecule has 0 spiro atoms. The van der Waals surface area contributed by atoms with E-state index in [0.717, 1.165) is 25.8 Å². The van der Waals surface area contributed by atoms with Gasteiger partial charge in [0.2, 0.25) is 0 Å². The van der Waals surface area contributed by atoms with Gasteiger partial charge in [0, 0.05) is 5.92 Å². The largest absolute Gasteiger partial charge is 0.307 e. The van der Waals surface area contributed by atoms with Gasteiger partial charge < -0.3 is 5.32 Å². The minimum absolute atomic E-state index is 0.229. The molecule has 1 heterocycles. The number of hydrogen-bond donors (Lipinski definition) is 1. The SMILES string of the molecule is O=C1C2CCCC1NCC2. The van der Waals surface area contributed by atoms with Crippen molar-refractivity contribution in [2.45, 2.75) is 31.7 Å². The van der Waals surface area contributed by atoms with Crippen LogP contribution in [0.5, 0.6) is 0 Å². The number of Topliss-reactive ketones (excluding diaryl/α,β-unsaturated/α-hetero) is 1. The minimum atomic E-state index is 0.229. The van der Waals surface area contributed by atoms with Gasteiger partial charge in [-0.3, -0.25) is 4.79 Å². The maximum Gasteiger partial charge on any atom is 0.152 e. The lowest BCUT2D eigenvalue weighted by molar-refractivity contribution is -0.128. The number of ketones is 1. The van der Waals surface area contributed by atoms with E-state index in [1.165, 1.54) is 6.42 Å². The Morgan fingerprint density at radius 1 is 1.30 bits per heavy atom. The first-order valence-corrected chi connectivity index (χ1v) is 4.15. The van der Waals surface area contributed by atoms with Gasteiger partial charge in [-0.1, -0.05) is 6.42 Å². The topological polar surface area (TPSA) is 29.1 Å². The molecular weight excluding hydrogens is 126 g/mol. The summed E-state index contributed by atoms with van der Waals surface area (Å²) in [6.07, 6.45) is 4.55. The third kappa shape index (κ3) is 0.870.